The molecule has 0 spiro atoms. The van der Waals surface area contributed by atoms with Crippen molar-refractivity contribution in [2.75, 3.05) is 0 Å². The van der Waals surface area contributed by atoms with Gasteiger partial charge in [-0.2, -0.15) is 0 Å². The number of aryl methyl sites for hydroxylation is 2. The van der Waals surface area contributed by atoms with Gasteiger partial charge in [-0.1, -0.05) is 0 Å². The van der Waals surface area contributed by atoms with Crippen molar-refractivity contribution in [3.63, 3.8) is 0 Å². The van der Waals surface area contributed by atoms with E-state index in [1.807, 2.05) is 0 Å². The monoisotopic (exact) mass is 248 g/mol. The third-order valence-electron chi connectivity index (χ3n) is 2.25. The number of fused-ring (bicyclic) bond motifs is 1. The van der Waals surface area contributed by atoms with E-state index in [2.05, 4.69) is 4.98 Å². The van der Waals surface area contributed by atoms with Gasteiger partial charge in [0.05, 0.1) is 5.69 Å². The maximum atomic E-state index is 13.1. The van der Waals surface area contributed by atoms with Crippen LogP contribution in [0.2, 0.25) is 0 Å². The molecular weight excluding hydrogens is 238 g/mol. The Morgan fingerprint density at radius 1 is 1.56 bits per heavy atom. The third kappa shape index (κ3) is 2.21. The molecule has 0 aliphatic heterocycles. The Hall–Kier alpha value is -0.274. The van der Waals surface area contributed by atoms with Gasteiger partial charge in [0.15, 0.2) is 5.69 Å². The smallest absolute Gasteiger partial charge is 1.00 e. The number of carboxylic acid groups (broad SMARTS) is 1. The van der Waals surface area contributed by atoms with Crippen LogP contribution in [0, 0.1) is 19.7 Å². The second kappa shape index (κ2) is 4.93. The average Bonchev–Trinajstić information content (AvgIpc) is 2.41. The Kier molecular flexibility index (Phi) is 4.25. The van der Waals surface area contributed by atoms with Crippen molar-refractivity contribution in [1.29, 1.82) is 0 Å². The molecular formula is C10H10FKN2O2. The zero-order valence-corrected chi connectivity index (χ0v) is 12.4. The predicted molar refractivity (Wildman–Crippen MR) is 52.7 cm³/mol. The van der Waals surface area contributed by atoms with Crippen LogP contribution in [-0.2, 0) is 0 Å². The van der Waals surface area contributed by atoms with Gasteiger partial charge in [0.1, 0.15) is 11.5 Å². The van der Waals surface area contributed by atoms with Crippen LogP contribution < -0.4 is 51.4 Å². The van der Waals surface area contributed by atoms with Gasteiger partial charge < -0.3 is 6.53 Å². The van der Waals surface area contributed by atoms with Gasteiger partial charge in [0.25, 0.3) is 0 Å². The van der Waals surface area contributed by atoms with Crippen molar-refractivity contribution in [2.45, 2.75) is 13.8 Å². The number of pyridine rings is 1. The van der Waals surface area contributed by atoms with E-state index in [9.17, 15) is 9.18 Å². The number of halogens is 1. The molecule has 0 aliphatic rings. The van der Waals surface area contributed by atoms with E-state index >= 15 is 0 Å². The summed E-state index contributed by atoms with van der Waals surface area (Å²) in [7, 11) is 0. The van der Waals surface area contributed by atoms with Crippen molar-refractivity contribution < 1.29 is 67.1 Å². The maximum Gasteiger partial charge on any atom is 1.00 e. The predicted octanol–water partition coefficient (Wildman–Crippen LogP) is -1.10. The van der Waals surface area contributed by atoms with Gasteiger partial charge in [-0.05, 0) is 25.5 Å². The summed E-state index contributed by atoms with van der Waals surface area (Å²) in [6.07, 6.45) is 1.13. The van der Waals surface area contributed by atoms with Crippen LogP contribution in [0.25, 0.3) is 5.65 Å². The molecule has 0 atom stereocenters. The summed E-state index contributed by atoms with van der Waals surface area (Å²) in [4.78, 5) is 15.0. The quantitative estimate of drug-likeness (QED) is 0.652. The molecule has 0 aromatic carbocycles. The number of rotatable bonds is 1. The zero-order chi connectivity index (χ0) is 11.2. The maximum absolute atomic E-state index is 13.1. The molecule has 2 heterocycles. The molecule has 0 saturated heterocycles. The van der Waals surface area contributed by atoms with Crippen LogP contribution in [0.4, 0.5) is 4.39 Å². The Labute approximate surface area is 135 Å². The number of imidazole rings is 1. The van der Waals surface area contributed by atoms with Crippen molar-refractivity contribution >= 4 is 11.6 Å². The molecule has 2 aromatic heterocycles. The second-order valence-corrected chi connectivity index (χ2v) is 3.39. The molecule has 1 N–H and O–H groups in total. The average molecular weight is 248 g/mol. The van der Waals surface area contributed by atoms with E-state index < -0.39 is 11.8 Å². The molecule has 2 aromatic rings. The fourth-order valence-corrected chi connectivity index (χ4v) is 1.64. The Balaban J connectivity index is 0.00000128. The van der Waals surface area contributed by atoms with E-state index in [1.54, 1.807) is 13.8 Å². The number of aromatic nitrogens is 2. The first-order chi connectivity index (χ1) is 7.00. The van der Waals surface area contributed by atoms with Gasteiger partial charge >= 0.3 is 57.4 Å². The molecule has 0 aliphatic carbocycles. The summed E-state index contributed by atoms with van der Waals surface area (Å²) in [6.45, 7) is 3.28. The number of aromatic carboxylic acids is 1. The standard InChI is InChI=1S/C10H9FN2O2.K.H/c1-5-3-7(11)4-13-8(10(14)15)6(2)12-9(5)13;;/h3-4H,1-2H3,(H,14,15);;/q;+1;-1. The molecule has 80 valence electrons. The number of carboxylic acids is 1. The van der Waals surface area contributed by atoms with Crippen LogP contribution >= 0.6 is 0 Å². The molecule has 0 amide bonds. The largest absolute Gasteiger partial charge is 1.00 e. The fraction of sp³-hybridized carbons (Fsp3) is 0.200. The topological polar surface area (TPSA) is 54.6 Å². The molecule has 6 heteroatoms. The van der Waals surface area contributed by atoms with Crippen LogP contribution in [0.3, 0.4) is 0 Å². The summed E-state index contributed by atoms with van der Waals surface area (Å²) in [5.74, 6) is -1.58. The van der Waals surface area contributed by atoms with Crippen molar-refractivity contribution in [3.8, 4) is 0 Å². The van der Waals surface area contributed by atoms with E-state index in [0.29, 0.717) is 16.9 Å². The summed E-state index contributed by atoms with van der Waals surface area (Å²) in [5.41, 5.74) is 1.49. The number of carbonyl (C=O) groups is 1. The van der Waals surface area contributed by atoms with Crippen LogP contribution in [0.1, 0.15) is 23.2 Å². The molecule has 0 unspecified atom stereocenters. The minimum absolute atomic E-state index is 0. The molecule has 2 rings (SSSR count). The Morgan fingerprint density at radius 3 is 2.75 bits per heavy atom. The van der Waals surface area contributed by atoms with E-state index in [4.69, 9.17) is 5.11 Å². The normalized spacial score (nSPS) is 10.2. The Morgan fingerprint density at radius 2 is 2.19 bits per heavy atom. The molecule has 0 radical (unpaired) electrons. The van der Waals surface area contributed by atoms with E-state index in [-0.39, 0.29) is 58.5 Å². The van der Waals surface area contributed by atoms with Crippen molar-refractivity contribution in [1.82, 2.24) is 9.38 Å². The first kappa shape index (κ1) is 13.8. The number of hydrogen-bond donors (Lipinski definition) is 1. The van der Waals surface area contributed by atoms with Crippen LogP contribution in [0.5, 0.6) is 0 Å². The number of nitrogens with zero attached hydrogens (tertiary/aromatic N) is 2. The minimum Gasteiger partial charge on any atom is -1.00 e. The summed E-state index contributed by atoms with van der Waals surface area (Å²) in [5, 5.41) is 8.95. The molecule has 4 nitrogen and oxygen atoms in total. The summed E-state index contributed by atoms with van der Waals surface area (Å²) in [6, 6.07) is 1.33. The summed E-state index contributed by atoms with van der Waals surface area (Å²) >= 11 is 0. The zero-order valence-electron chi connectivity index (χ0n) is 10.3. The van der Waals surface area contributed by atoms with Gasteiger partial charge in [-0.3, -0.25) is 4.40 Å². The van der Waals surface area contributed by atoms with Gasteiger partial charge in [-0.25, -0.2) is 14.2 Å². The molecule has 0 bridgehead atoms. The van der Waals surface area contributed by atoms with Gasteiger partial charge in [-0.15, -0.1) is 0 Å². The first-order valence-electron chi connectivity index (χ1n) is 4.39. The Bertz CT molecular complexity index is 571. The fourth-order valence-electron chi connectivity index (χ4n) is 1.64. The third-order valence-corrected chi connectivity index (χ3v) is 2.25. The second-order valence-electron chi connectivity index (χ2n) is 3.39. The molecule has 0 saturated carbocycles. The minimum atomic E-state index is -1.11. The van der Waals surface area contributed by atoms with E-state index in [0.717, 1.165) is 6.20 Å². The number of hydrogen-bond acceptors (Lipinski definition) is 2. The van der Waals surface area contributed by atoms with Crippen molar-refractivity contribution in [3.05, 3.63) is 35.0 Å². The first-order valence-corrected chi connectivity index (χ1v) is 4.39. The van der Waals surface area contributed by atoms with Crippen LogP contribution in [-0.4, -0.2) is 20.5 Å². The van der Waals surface area contributed by atoms with Gasteiger partial charge in [0, 0.05) is 6.20 Å². The van der Waals surface area contributed by atoms with E-state index in [1.165, 1.54) is 10.5 Å². The molecule has 0 fully saturated rings. The van der Waals surface area contributed by atoms with Crippen LogP contribution in [0.15, 0.2) is 12.3 Å². The van der Waals surface area contributed by atoms with Gasteiger partial charge in [0.2, 0.25) is 0 Å². The van der Waals surface area contributed by atoms with Crippen molar-refractivity contribution in [2.24, 2.45) is 0 Å². The summed E-state index contributed by atoms with van der Waals surface area (Å²) < 4.78 is 14.4. The SMILES string of the molecule is Cc1nc2c(C)cc(F)cn2c1C(=O)O.[H-].[K+]. The molecule has 16 heavy (non-hydrogen) atoms.